The zero-order chi connectivity index (χ0) is 24.2. The number of β-amino-alcohol motifs (C(OH)–C–C–N with tert-alkyl or cyclic N) is 1. The number of para-hydroxylation sites is 2. The van der Waals surface area contributed by atoms with Crippen LogP contribution in [-0.4, -0.2) is 68.4 Å². The van der Waals surface area contributed by atoms with Crippen molar-refractivity contribution in [1.82, 2.24) is 10.2 Å². The van der Waals surface area contributed by atoms with Crippen LogP contribution in [0.3, 0.4) is 0 Å². The first-order valence-corrected chi connectivity index (χ1v) is 12.1. The van der Waals surface area contributed by atoms with Crippen molar-refractivity contribution >= 4 is 33.1 Å². The van der Waals surface area contributed by atoms with E-state index in [0.29, 0.717) is 12.1 Å². The highest BCUT2D eigenvalue weighted by Crippen LogP contribution is 2.29. The Kier molecular flexibility index (Phi) is 6.84. The molecule has 2 N–H and O–H groups in total. The number of piperazine rings is 1. The molecule has 4 aromatic rings. The van der Waals surface area contributed by atoms with Gasteiger partial charge in [-0.25, -0.2) is 0 Å². The molecule has 1 unspecified atom stereocenters. The first-order chi connectivity index (χ1) is 17.1. The molecule has 1 atom stereocenters. The summed E-state index contributed by atoms with van der Waals surface area (Å²) in [4.78, 5) is 17.8. The minimum absolute atomic E-state index is 0.155. The molecule has 5 rings (SSSR count). The smallest absolute Gasteiger partial charge is 0.252 e. The number of benzene rings is 4. The molecular formula is C29H31N3O3. The summed E-state index contributed by atoms with van der Waals surface area (Å²) >= 11 is 0. The predicted octanol–water partition coefficient (Wildman–Crippen LogP) is 3.91. The third kappa shape index (κ3) is 4.94. The second-order valence-electron chi connectivity index (χ2n) is 9.02. The first-order valence-electron chi connectivity index (χ1n) is 12.1. The number of carbonyl (C=O) groups excluding carboxylic acids is 1. The number of hydrogen-bond donors (Lipinski definition) is 2. The number of methoxy groups -OCH3 is 1. The van der Waals surface area contributed by atoms with Crippen LogP contribution in [0.2, 0.25) is 0 Å². The Labute approximate surface area is 205 Å². The molecule has 4 aromatic carbocycles. The molecular weight excluding hydrogens is 438 g/mol. The number of carbonyl (C=O) groups is 1. The van der Waals surface area contributed by atoms with Crippen LogP contribution in [0.25, 0.3) is 21.5 Å². The summed E-state index contributed by atoms with van der Waals surface area (Å²) in [7, 11) is 1.70. The zero-order valence-electron chi connectivity index (χ0n) is 20.0. The molecule has 0 radical (unpaired) electrons. The second-order valence-corrected chi connectivity index (χ2v) is 9.02. The number of hydrogen-bond acceptors (Lipinski definition) is 5. The van der Waals surface area contributed by atoms with Gasteiger partial charge in [0, 0.05) is 39.3 Å². The van der Waals surface area contributed by atoms with Gasteiger partial charge in [-0.15, -0.1) is 0 Å². The fourth-order valence-electron chi connectivity index (χ4n) is 4.98. The molecule has 0 bridgehead atoms. The van der Waals surface area contributed by atoms with Crippen molar-refractivity contribution in [2.24, 2.45) is 0 Å². The normalized spacial score (nSPS) is 15.3. The number of ether oxygens (including phenoxy) is 1. The topological polar surface area (TPSA) is 65.0 Å². The SMILES string of the molecule is COc1ccccc1N1CCN(CC(O)CNC(=O)c2c3ccccc3cc3ccccc23)CC1. The fourth-order valence-corrected chi connectivity index (χ4v) is 4.98. The van der Waals surface area contributed by atoms with Gasteiger partial charge >= 0.3 is 0 Å². The summed E-state index contributed by atoms with van der Waals surface area (Å²) in [6, 6.07) is 26.1. The van der Waals surface area contributed by atoms with E-state index in [2.05, 4.69) is 27.2 Å². The molecule has 0 aliphatic carbocycles. The van der Waals surface area contributed by atoms with E-state index in [4.69, 9.17) is 4.74 Å². The van der Waals surface area contributed by atoms with Crippen LogP contribution in [0.4, 0.5) is 5.69 Å². The van der Waals surface area contributed by atoms with Crippen molar-refractivity contribution in [2.45, 2.75) is 6.10 Å². The van der Waals surface area contributed by atoms with Gasteiger partial charge in [-0.1, -0.05) is 60.7 Å². The molecule has 1 aliphatic rings. The third-order valence-electron chi connectivity index (χ3n) is 6.76. The summed E-state index contributed by atoms with van der Waals surface area (Å²) in [5.74, 6) is 0.725. The largest absolute Gasteiger partial charge is 0.495 e. The Balaban J connectivity index is 1.20. The monoisotopic (exact) mass is 469 g/mol. The molecule has 0 saturated carbocycles. The van der Waals surface area contributed by atoms with E-state index in [-0.39, 0.29) is 12.5 Å². The van der Waals surface area contributed by atoms with E-state index in [1.807, 2.05) is 66.7 Å². The highest BCUT2D eigenvalue weighted by atomic mass is 16.5. The lowest BCUT2D eigenvalue weighted by Crippen LogP contribution is -2.50. The number of amides is 1. The highest BCUT2D eigenvalue weighted by Gasteiger charge is 2.22. The van der Waals surface area contributed by atoms with Crippen molar-refractivity contribution in [1.29, 1.82) is 0 Å². The Morgan fingerprint density at radius 2 is 1.51 bits per heavy atom. The fraction of sp³-hybridized carbons (Fsp3) is 0.276. The van der Waals surface area contributed by atoms with Gasteiger partial charge < -0.3 is 20.1 Å². The van der Waals surface area contributed by atoms with Crippen molar-refractivity contribution in [3.05, 3.63) is 84.4 Å². The number of anilines is 1. The van der Waals surface area contributed by atoms with Gasteiger partial charge in [0.25, 0.3) is 5.91 Å². The average Bonchev–Trinajstić information content (AvgIpc) is 2.90. The molecule has 1 aliphatic heterocycles. The summed E-state index contributed by atoms with van der Waals surface area (Å²) in [5, 5.41) is 17.6. The zero-order valence-corrected chi connectivity index (χ0v) is 20.0. The van der Waals surface area contributed by atoms with E-state index in [9.17, 15) is 9.90 Å². The van der Waals surface area contributed by atoms with Crippen molar-refractivity contribution < 1.29 is 14.6 Å². The number of rotatable bonds is 7. The molecule has 1 amide bonds. The minimum atomic E-state index is -0.641. The van der Waals surface area contributed by atoms with Gasteiger partial charge in [-0.3, -0.25) is 9.69 Å². The highest BCUT2D eigenvalue weighted by molar-refractivity contribution is 6.18. The molecule has 0 aromatic heterocycles. The van der Waals surface area contributed by atoms with Crippen LogP contribution in [0.15, 0.2) is 78.9 Å². The maximum absolute atomic E-state index is 13.3. The number of aliphatic hydroxyl groups is 1. The first kappa shape index (κ1) is 23.1. The number of aliphatic hydroxyl groups excluding tert-OH is 1. The molecule has 180 valence electrons. The maximum atomic E-state index is 13.3. The lowest BCUT2D eigenvalue weighted by atomic mass is 9.96. The molecule has 1 heterocycles. The lowest BCUT2D eigenvalue weighted by Gasteiger charge is -2.37. The van der Waals surface area contributed by atoms with E-state index in [0.717, 1.165) is 59.2 Å². The van der Waals surface area contributed by atoms with E-state index in [1.165, 1.54) is 0 Å². The predicted molar refractivity (Wildman–Crippen MR) is 141 cm³/mol. The van der Waals surface area contributed by atoms with Gasteiger partial charge in [0.2, 0.25) is 0 Å². The van der Waals surface area contributed by atoms with E-state index in [1.54, 1.807) is 7.11 Å². The number of nitrogens with one attached hydrogen (secondary N) is 1. The molecule has 1 saturated heterocycles. The van der Waals surface area contributed by atoms with Crippen molar-refractivity contribution in [3.8, 4) is 5.75 Å². The van der Waals surface area contributed by atoms with Crippen LogP contribution in [-0.2, 0) is 0 Å². The molecule has 35 heavy (non-hydrogen) atoms. The Bertz CT molecular complexity index is 1280. The summed E-state index contributed by atoms with van der Waals surface area (Å²) < 4.78 is 5.50. The van der Waals surface area contributed by atoms with Crippen LogP contribution in [0.1, 0.15) is 10.4 Å². The van der Waals surface area contributed by atoms with Gasteiger partial charge in [0.05, 0.1) is 24.5 Å². The minimum Gasteiger partial charge on any atom is -0.495 e. The molecule has 0 spiro atoms. The standard InChI is InChI=1S/C29H31N3O3/c1-35-27-13-7-6-12-26(27)32-16-14-31(15-17-32)20-23(33)19-30-29(34)28-24-10-4-2-8-21(24)18-22-9-3-5-11-25(22)28/h2-13,18,23,33H,14-17,19-20H2,1H3,(H,30,34). The van der Waals surface area contributed by atoms with Crippen LogP contribution in [0, 0.1) is 0 Å². The molecule has 6 heteroatoms. The Morgan fingerprint density at radius 1 is 0.914 bits per heavy atom. The molecule has 6 nitrogen and oxygen atoms in total. The van der Waals surface area contributed by atoms with Crippen LogP contribution >= 0.6 is 0 Å². The average molecular weight is 470 g/mol. The van der Waals surface area contributed by atoms with Crippen molar-refractivity contribution in [3.63, 3.8) is 0 Å². The summed E-state index contributed by atoms with van der Waals surface area (Å²) in [5.41, 5.74) is 1.76. The number of fused-ring (bicyclic) bond motifs is 2. The van der Waals surface area contributed by atoms with Gasteiger partial charge in [0.15, 0.2) is 0 Å². The van der Waals surface area contributed by atoms with Crippen LogP contribution in [0.5, 0.6) is 5.75 Å². The van der Waals surface area contributed by atoms with Crippen molar-refractivity contribution in [2.75, 3.05) is 51.3 Å². The Hall–Kier alpha value is -3.61. The summed E-state index contributed by atoms with van der Waals surface area (Å²) in [6.07, 6.45) is -0.641. The molecule has 1 fully saturated rings. The number of nitrogens with zero attached hydrogens (tertiary/aromatic N) is 2. The van der Waals surface area contributed by atoms with Crippen LogP contribution < -0.4 is 15.0 Å². The lowest BCUT2D eigenvalue weighted by molar-refractivity contribution is 0.0854. The maximum Gasteiger partial charge on any atom is 0.252 e. The summed E-state index contributed by atoms with van der Waals surface area (Å²) in [6.45, 7) is 4.15. The second kappa shape index (κ2) is 10.3. The van der Waals surface area contributed by atoms with Gasteiger partial charge in [0.1, 0.15) is 5.75 Å². The van der Waals surface area contributed by atoms with E-state index >= 15 is 0 Å². The quantitative estimate of drug-likeness (QED) is 0.402. The van der Waals surface area contributed by atoms with Gasteiger partial charge in [-0.05, 0) is 39.7 Å². The Morgan fingerprint density at radius 3 is 2.17 bits per heavy atom. The van der Waals surface area contributed by atoms with E-state index < -0.39 is 6.10 Å². The van der Waals surface area contributed by atoms with Gasteiger partial charge in [-0.2, -0.15) is 0 Å². The third-order valence-corrected chi connectivity index (χ3v) is 6.76.